The number of halogens is 5. The SMILES string of the molecule is CC(C)(C)c1cc(/C=N/c2ccccc2Cc2c(F)c(F)c(F)c(F)c2F)c(O)c(C(C)(C)C)c1. The highest BCUT2D eigenvalue weighted by molar-refractivity contribution is 5.87. The lowest BCUT2D eigenvalue weighted by atomic mass is 9.79. The van der Waals surface area contributed by atoms with Gasteiger partial charge in [-0.1, -0.05) is 65.8 Å². The minimum Gasteiger partial charge on any atom is -0.507 e. The van der Waals surface area contributed by atoms with Gasteiger partial charge in [0, 0.05) is 29.3 Å². The summed E-state index contributed by atoms with van der Waals surface area (Å²) in [5.41, 5.74) is 1.21. The van der Waals surface area contributed by atoms with E-state index in [0.29, 0.717) is 5.56 Å². The molecule has 0 saturated heterocycles. The smallest absolute Gasteiger partial charge is 0.200 e. The molecule has 0 aliphatic heterocycles. The minimum atomic E-state index is -2.20. The van der Waals surface area contributed by atoms with Crippen molar-refractivity contribution in [2.75, 3.05) is 0 Å². The van der Waals surface area contributed by atoms with Gasteiger partial charge in [0.1, 0.15) is 5.75 Å². The number of hydrogen-bond donors (Lipinski definition) is 1. The summed E-state index contributed by atoms with van der Waals surface area (Å²) in [4.78, 5) is 4.41. The van der Waals surface area contributed by atoms with Crippen LogP contribution in [-0.4, -0.2) is 11.3 Å². The maximum Gasteiger partial charge on any atom is 0.200 e. The Hall–Kier alpha value is -3.22. The highest BCUT2D eigenvalue weighted by Crippen LogP contribution is 2.37. The lowest BCUT2D eigenvalue weighted by Crippen LogP contribution is -2.17. The van der Waals surface area contributed by atoms with Gasteiger partial charge in [0.25, 0.3) is 0 Å². The number of phenolic OH excluding ortho intramolecular Hbond substituents is 1. The molecule has 0 saturated carbocycles. The molecule has 35 heavy (non-hydrogen) atoms. The molecular weight excluding hydrogens is 461 g/mol. The molecule has 0 unspecified atom stereocenters. The third-order valence-electron chi connectivity index (χ3n) is 5.82. The molecule has 0 radical (unpaired) electrons. The fourth-order valence-electron chi connectivity index (χ4n) is 3.68. The number of rotatable bonds is 4. The largest absolute Gasteiger partial charge is 0.507 e. The molecular formula is C28H28F5NO. The summed E-state index contributed by atoms with van der Waals surface area (Å²) in [5, 5.41) is 10.9. The molecule has 7 heteroatoms. The Morgan fingerprint density at radius 3 is 1.86 bits per heavy atom. The van der Waals surface area contributed by atoms with Crippen LogP contribution in [0.4, 0.5) is 27.6 Å². The van der Waals surface area contributed by atoms with Crippen LogP contribution in [0.5, 0.6) is 5.75 Å². The first-order chi connectivity index (χ1) is 16.1. The van der Waals surface area contributed by atoms with Gasteiger partial charge in [0.05, 0.1) is 5.69 Å². The second-order valence-electron chi connectivity index (χ2n) is 10.6. The van der Waals surface area contributed by atoms with Crippen LogP contribution in [0.25, 0.3) is 0 Å². The molecule has 0 fully saturated rings. The standard InChI is InChI=1S/C28H28F5NO/c1-27(2,3)17-11-16(26(35)19(13-17)28(4,5)6)14-34-20-10-8-7-9-15(20)12-18-21(29)23(31)25(33)24(32)22(18)30/h7-11,13-14,35H,12H2,1-6H3/b34-14+. The van der Waals surface area contributed by atoms with Crippen molar-refractivity contribution >= 4 is 11.9 Å². The molecule has 1 N–H and O–H groups in total. The van der Waals surface area contributed by atoms with Gasteiger partial charge in [0.2, 0.25) is 5.82 Å². The monoisotopic (exact) mass is 489 g/mol. The molecule has 3 aromatic carbocycles. The van der Waals surface area contributed by atoms with Crippen LogP contribution in [0.1, 0.15) is 69.4 Å². The number of aliphatic imine (C=N–C) groups is 1. The summed E-state index contributed by atoms with van der Waals surface area (Å²) < 4.78 is 69.2. The van der Waals surface area contributed by atoms with Crippen LogP contribution in [0.15, 0.2) is 41.4 Å². The van der Waals surface area contributed by atoms with Crippen LogP contribution in [0.2, 0.25) is 0 Å². The summed E-state index contributed by atoms with van der Waals surface area (Å²) in [7, 11) is 0. The van der Waals surface area contributed by atoms with Crippen LogP contribution in [0.3, 0.4) is 0 Å². The van der Waals surface area contributed by atoms with Crippen LogP contribution < -0.4 is 0 Å². The summed E-state index contributed by atoms with van der Waals surface area (Å²) in [6, 6.07) is 10.1. The van der Waals surface area contributed by atoms with Crippen molar-refractivity contribution in [2.45, 2.75) is 58.8 Å². The summed E-state index contributed by atoms with van der Waals surface area (Å²) in [6.07, 6.45) is 0.887. The molecule has 3 aromatic rings. The molecule has 0 bridgehead atoms. The predicted octanol–water partition coefficient (Wildman–Crippen LogP) is 8.02. The van der Waals surface area contributed by atoms with E-state index in [9.17, 15) is 27.1 Å². The average Bonchev–Trinajstić information content (AvgIpc) is 2.77. The topological polar surface area (TPSA) is 32.6 Å². The highest BCUT2D eigenvalue weighted by atomic mass is 19.2. The van der Waals surface area contributed by atoms with Gasteiger partial charge < -0.3 is 5.11 Å². The first-order valence-corrected chi connectivity index (χ1v) is 11.1. The molecule has 0 aliphatic rings. The summed E-state index contributed by atoms with van der Waals surface area (Å²) in [6.45, 7) is 12.1. The fraction of sp³-hybridized carbons (Fsp3) is 0.321. The van der Waals surface area contributed by atoms with E-state index in [0.717, 1.165) is 11.1 Å². The zero-order valence-electron chi connectivity index (χ0n) is 20.5. The molecule has 0 heterocycles. The van der Waals surface area contributed by atoms with Crippen molar-refractivity contribution < 1.29 is 27.1 Å². The molecule has 3 rings (SSSR count). The van der Waals surface area contributed by atoms with E-state index in [1.54, 1.807) is 18.2 Å². The van der Waals surface area contributed by atoms with Crippen molar-refractivity contribution in [3.63, 3.8) is 0 Å². The number of phenols is 1. The van der Waals surface area contributed by atoms with E-state index in [2.05, 4.69) is 4.99 Å². The van der Waals surface area contributed by atoms with Crippen molar-refractivity contribution in [3.05, 3.63) is 93.3 Å². The Labute approximate surface area is 202 Å². The van der Waals surface area contributed by atoms with Crippen molar-refractivity contribution in [2.24, 2.45) is 4.99 Å². The maximum atomic E-state index is 14.2. The second-order valence-corrected chi connectivity index (χ2v) is 10.6. The van der Waals surface area contributed by atoms with Gasteiger partial charge >= 0.3 is 0 Å². The predicted molar refractivity (Wildman–Crippen MR) is 128 cm³/mol. The van der Waals surface area contributed by atoms with Gasteiger partial charge in [-0.05, 0) is 34.1 Å². The summed E-state index contributed by atoms with van der Waals surface area (Å²) >= 11 is 0. The third kappa shape index (κ3) is 5.39. The molecule has 0 spiro atoms. The zero-order chi connectivity index (χ0) is 26.3. The Morgan fingerprint density at radius 1 is 0.771 bits per heavy atom. The van der Waals surface area contributed by atoms with E-state index < -0.39 is 41.1 Å². The van der Waals surface area contributed by atoms with Crippen molar-refractivity contribution in [3.8, 4) is 5.75 Å². The molecule has 186 valence electrons. The second kappa shape index (κ2) is 9.44. The Balaban J connectivity index is 2.09. The lowest BCUT2D eigenvalue weighted by Gasteiger charge is -2.27. The van der Waals surface area contributed by atoms with Gasteiger partial charge in [-0.2, -0.15) is 0 Å². The number of para-hydroxylation sites is 1. The van der Waals surface area contributed by atoms with Gasteiger partial charge in [-0.15, -0.1) is 0 Å². The van der Waals surface area contributed by atoms with Gasteiger partial charge in [-0.3, -0.25) is 4.99 Å². The first kappa shape index (κ1) is 26.4. The van der Waals surface area contributed by atoms with E-state index in [4.69, 9.17) is 0 Å². The van der Waals surface area contributed by atoms with E-state index >= 15 is 0 Å². The van der Waals surface area contributed by atoms with E-state index in [1.807, 2.05) is 53.7 Å². The normalized spacial score (nSPS) is 12.5. The molecule has 0 amide bonds. The van der Waals surface area contributed by atoms with Crippen LogP contribution in [0, 0.1) is 29.1 Å². The third-order valence-corrected chi connectivity index (χ3v) is 5.82. The maximum absolute atomic E-state index is 14.2. The molecule has 0 atom stereocenters. The van der Waals surface area contributed by atoms with Gasteiger partial charge in [-0.25, -0.2) is 22.0 Å². The fourth-order valence-corrected chi connectivity index (χ4v) is 3.68. The van der Waals surface area contributed by atoms with Crippen LogP contribution >= 0.6 is 0 Å². The van der Waals surface area contributed by atoms with Crippen LogP contribution in [-0.2, 0) is 17.3 Å². The number of benzene rings is 3. The van der Waals surface area contributed by atoms with Crippen molar-refractivity contribution in [1.82, 2.24) is 0 Å². The van der Waals surface area contributed by atoms with E-state index in [-0.39, 0.29) is 27.8 Å². The Kier molecular flexibility index (Phi) is 7.12. The Morgan fingerprint density at radius 2 is 1.31 bits per heavy atom. The molecule has 2 nitrogen and oxygen atoms in total. The average molecular weight is 490 g/mol. The van der Waals surface area contributed by atoms with Gasteiger partial charge in [0.15, 0.2) is 23.3 Å². The van der Waals surface area contributed by atoms with E-state index in [1.165, 1.54) is 12.3 Å². The quantitative estimate of drug-likeness (QED) is 0.171. The number of aromatic hydroxyl groups is 1. The highest BCUT2D eigenvalue weighted by Gasteiger charge is 2.27. The number of hydrogen-bond acceptors (Lipinski definition) is 2. The zero-order valence-corrected chi connectivity index (χ0v) is 20.5. The lowest BCUT2D eigenvalue weighted by molar-refractivity contribution is 0.371. The minimum absolute atomic E-state index is 0.0616. The molecule has 0 aliphatic carbocycles. The first-order valence-electron chi connectivity index (χ1n) is 11.1. The Bertz CT molecular complexity index is 1270. The van der Waals surface area contributed by atoms with Crippen molar-refractivity contribution in [1.29, 1.82) is 0 Å². The summed E-state index contributed by atoms with van der Waals surface area (Å²) in [5.74, 6) is -9.85. The molecule has 0 aromatic heterocycles. The number of nitrogens with zero attached hydrogens (tertiary/aromatic N) is 1.